The second-order valence-electron chi connectivity index (χ2n) is 6.76. The lowest BCUT2D eigenvalue weighted by Gasteiger charge is -2.42. The minimum atomic E-state index is -1.85. The topological polar surface area (TPSA) is 26.3 Å². The van der Waals surface area contributed by atoms with E-state index in [9.17, 15) is 9.18 Å². The van der Waals surface area contributed by atoms with E-state index >= 15 is 0 Å². The first-order valence-electron chi connectivity index (χ1n) is 8.33. The quantitative estimate of drug-likeness (QED) is 0.425. The predicted molar refractivity (Wildman–Crippen MR) is 99.3 cm³/mol. The van der Waals surface area contributed by atoms with Gasteiger partial charge in [-0.15, -0.1) is 11.2 Å². The summed E-state index contributed by atoms with van der Waals surface area (Å²) in [6, 6.07) is 5.04. The minimum Gasteiger partial charge on any atom is -0.462 e. The van der Waals surface area contributed by atoms with E-state index in [0.717, 1.165) is 0 Å². The number of esters is 1. The second kappa shape index (κ2) is 8.33. The third-order valence-corrected chi connectivity index (χ3v) is 16.7. The van der Waals surface area contributed by atoms with Gasteiger partial charge in [-0.05, 0) is 35.7 Å². The number of hydrogen-bond donors (Lipinski definition) is 0. The van der Waals surface area contributed by atoms with E-state index in [-0.39, 0.29) is 12.2 Å². The number of hydrogen-bond acceptors (Lipinski definition) is 3. The maximum atomic E-state index is 14.9. The van der Waals surface area contributed by atoms with E-state index in [2.05, 4.69) is 41.5 Å². The van der Waals surface area contributed by atoms with Crippen LogP contribution in [0.15, 0.2) is 23.1 Å². The molecule has 0 saturated heterocycles. The number of halogens is 1. The average molecular weight is 357 g/mol. The van der Waals surface area contributed by atoms with Gasteiger partial charge in [-0.1, -0.05) is 47.6 Å². The van der Waals surface area contributed by atoms with E-state index in [4.69, 9.17) is 4.74 Å². The Morgan fingerprint density at radius 1 is 1.13 bits per heavy atom. The van der Waals surface area contributed by atoms with E-state index < -0.39 is 19.0 Å². The maximum absolute atomic E-state index is 14.9. The summed E-state index contributed by atoms with van der Waals surface area (Å²) >= 11 is 1.69. The van der Waals surface area contributed by atoms with Crippen molar-refractivity contribution in [1.82, 2.24) is 0 Å². The zero-order valence-electron chi connectivity index (χ0n) is 15.3. The molecule has 1 rings (SSSR count). The van der Waals surface area contributed by atoms with Crippen molar-refractivity contribution in [3.63, 3.8) is 0 Å². The molecule has 0 unspecified atom stereocenters. The third-order valence-electron chi connectivity index (χ3n) is 4.45. The maximum Gasteiger partial charge on any atom is 0.341 e. The van der Waals surface area contributed by atoms with Gasteiger partial charge < -0.3 is 4.74 Å². The van der Waals surface area contributed by atoms with Crippen molar-refractivity contribution >= 4 is 24.4 Å². The van der Waals surface area contributed by atoms with Gasteiger partial charge in [0.2, 0.25) is 0 Å². The standard InChI is InChI=1S/C18H29FO2SSi/c1-8-21-18(20)15-10-9-11-16(17(15)19)22-23(12(2)3,13(4)5)14(6)7/h9-14H,8H2,1-7H3. The number of carbonyl (C=O) groups is 1. The van der Waals surface area contributed by atoms with Crippen molar-refractivity contribution in [1.29, 1.82) is 0 Å². The normalized spacial score (nSPS) is 12.3. The summed E-state index contributed by atoms with van der Waals surface area (Å²) in [5, 5.41) is 0. The van der Waals surface area contributed by atoms with Crippen LogP contribution in [0.4, 0.5) is 4.39 Å². The largest absolute Gasteiger partial charge is 0.462 e. The van der Waals surface area contributed by atoms with Crippen molar-refractivity contribution in [2.24, 2.45) is 0 Å². The summed E-state index contributed by atoms with van der Waals surface area (Å²) in [6.07, 6.45) is 0. The zero-order valence-corrected chi connectivity index (χ0v) is 17.1. The molecule has 0 amide bonds. The van der Waals surface area contributed by atoms with Crippen LogP contribution >= 0.6 is 11.2 Å². The number of benzene rings is 1. The van der Waals surface area contributed by atoms with Crippen LogP contribution in [0.3, 0.4) is 0 Å². The molecule has 2 nitrogen and oxygen atoms in total. The molecule has 5 heteroatoms. The number of carbonyl (C=O) groups excluding carboxylic acids is 1. The molecule has 0 aliphatic rings. The molecule has 23 heavy (non-hydrogen) atoms. The van der Waals surface area contributed by atoms with E-state index in [1.54, 1.807) is 30.3 Å². The van der Waals surface area contributed by atoms with Crippen LogP contribution in [-0.4, -0.2) is 19.8 Å². The van der Waals surface area contributed by atoms with Crippen LogP contribution in [0.2, 0.25) is 16.6 Å². The monoisotopic (exact) mass is 356 g/mol. The molecule has 0 fully saturated rings. The van der Waals surface area contributed by atoms with Gasteiger partial charge in [0.05, 0.1) is 12.2 Å². The van der Waals surface area contributed by atoms with E-state index in [1.807, 2.05) is 0 Å². The lowest BCUT2D eigenvalue weighted by molar-refractivity contribution is 0.0520. The molecule has 0 aromatic heterocycles. The number of rotatable bonds is 7. The Labute approximate surface area is 144 Å². The molecule has 1 aromatic carbocycles. The highest BCUT2D eigenvalue weighted by Crippen LogP contribution is 2.52. The van der Waals surface area contributed by atoms with Crippen molar-refractivity contribution in [3.8, 4) is 0 Å². The summed E-state index contributed by atoms with van der Waals surface area (Å²) in [5.74, 6) is -1.02. The molecule has 0 aliphatic carbocycles. The lowest BCUT2D eigenvalue weighted by atomic mass is 10.2. The smallest absolute Gasteiger partial charge is 0.341 e. The summed E-state index contributed by atoms with van der Waals surface area (Å²) in [5.41, 5.74) is 1.57. The molecule has 1 aromatic rings. The van der Waals surface area contributed by atoms with Gasteiger partial charge in [0, 0.05) is 4.90 Å². The Hall–Kier alpha value is -0.813. The van der Waals surface area contributed by atoms with Crippen molar-refractivity contribution in [3.05, 3.63) is 29.6 Å². The second-order valence-corrected chi connectivity index (χ2v) is 15.3. The SMILES string of the molecule is CCOC(=O)c1cccc(S[Si](C(C)C)(C(C)C)C(C)C)c1F. The molecule has 0 aliphatic heterocycles. The van der Waals surface area contributed by atoms with Gasteiger partial charge in [-0.3, -0.25) is 0 Å². The summed E-state index contributed by atoms with van der Waals surface area (Å²) in [7, 11) is -1.85. The van der Waals surface area contributed by atoms with Gasteiger partial charge in [-0.25, -0.2) is 9.18 Å². The lowest BCUT2D eigenvalue weighted by Crippen LogP contribution is -2.41. The van der Waals surface area contributed by atoms with Crippen molar-refractivity contribution in [2.75, 3.05) is 6.61 Å². The fraction of sp³-hybridized carbons (Fsp3) is 0.611. The highest BCUT2D eigenvalue weighted by Gasteiger charge is 2.44. The van der Waals surface area contributed by atoms with E-state index in [1.165, 1.54) is 6.07 Å². The fourth-order valence-corrected chi connectivity index (χ4v) is 12.7. The highest BCUT2D eigenvalue weighted by atomic mass is 32.4. The van der Waals surface area contributed by atoms with Crippen molar-refractivity contribution in [2.45, 2.75) is 70.0 Å². The van der Waals surface area contributed by atoms with Crippen LogP contribution in [-0.2, 0) is 4.74 Å². The van der Waals surface area contributed by atoms with Gasteiger partial charge in [0.1, 0.15) is 7.22 Å². The average Bonchev–Trinajstić information content (AvgIpc) is 2.45. The molecule has 130 valence electrons. The summed E-state index contributed by atoms with van der Waals surface area (Å²) in [6.45, 7) is 15.4. The Kier molecular flexibility index (Phi) is 7.33. The molecule has 0 N–H and O–H groups in total. The Morgan fingerprint density at radius 2 is 1.65 bits per heavy atom. The molecule has 0 spiro atoms. The van der Waals surface area contributed by atoms with E-state index in [0.29, 0.717) is 21.5 Å². The first-order chi connectivity index (χ1) is 10.7. The first-order valence-corrected chi connectivity index (χ1v) is 12.1. The molecule has 0 saturated carbocycles. The molecule has 0 bridgehead atoms. The zero-order chi connectivity index (χ0) is 17.8. The molecular formula is C18H29FO2SSi. The van der Waals surface area contributed by atoms with Gasteiger partial charge >= 0.3 is 5.97 Å². The van der Waals surface area contributed by atoms with Gasteiger partial charge in [0.15, 0.2) is 5.82 Å². The highest BCUT2D eigenvalue weighted by molar-refractivity contribution is 8.29. The fourth-order valence-electron chi connectivity index (χ4n) is 3.50. The predicted octanol–water partition coefficient (Wildman–Crippen LogP) is 6.27. The Morgan fingerprint density at radius 3 is 2.09 bits per heavy atom. The summed E-state index contributed by atoms with van der Waals surface area (Å²) < 4.78 is 19.8. The van der Waals surface area contributed by atoms with Crippen LogP contribution < -0.4 is 0 Å². The van der Waals surface area contributed by atoms with Crippen LogP contribution in [0.5, 0.6) is 0 Å². The first kappa shape index (κ1) is 20.2. The minimum absolute atomic E-state index is 0.0380. The summed E-state index contributed by atoms with van der Waals surface area (Å²) in [4.78, 5) is 12.5. The van der Waals surface area contributed by atoms with Crippen LogP contribution in [0, 0.1) is 5.82 Å². The molecule has 0 heterocycles. The molecular weight excluding hydrogens is 327 g/mol. The third kappa shape index (κ3) is 4.18. The molecule has 0 atom stereocenters. The van der Waals surface area contributed by atoms with Crippen LogP contribution in [0.25, 0.3) is 0 Å². The van der Waals surface area contributed by atoms with Crippen LogP contribution in [0.1, 0.15) is 58.8 Å². The van der Waals surface area contributed by atoms with Crippen molar-refractivity contribution < 1.29 is 13.9 Å². The Balaban J connectivity index is 3.30. The number of ether oxygens (including phenoxy) is 1. The Bertz CT molecular complexity index is 522. The van der Waals surface area contributed by atoms with Gasteiger partial charge in [0.25, 0.3) is 0 Å². The van der Waals surface area contributed by atoms with Gasteiger partial charge in [-0.2, -0.15) is 0 Å². The molecule has 0 radical (unpaired) electrons.